The van der Waals surface area contributed by atoms with Crippen molar-refractivity contribution in [3.8, 4) is 11.5 Å². The number of hydrogen-bond acceptors (Lipinski definition) is 3. The highest BCUT2D eigenvalue weighted by atomic mass is 79.9. The van der Waals surface area contributed by atoms with E-state index in [9.17, 15) is 0 Å². The molecule has 3 nitrogen and oxygen atoms in total. The third-order valence-electron chi connectivity index (χ3n) is 4.53. The van der Waals surface area contributed by atoms with Gasteiger partial charge in [-0.1, -0.05) is 42.1 Å². The molecule has 0 saturated heterocycles. The maximum absolute atomic E-state index is 5.46. The van der Waals surface area contributed by atoms with Crippen molar-refractivity contribution in [2.75, 3.05) is 6.79 Å². The number of rotatable bonds is 4. The smallest absolute Gasteiger partial charge is 0.231 e. The molecule has 1 fully saturated rings. The van der Waals surface area contributed by atoms with Gasteiger partial charge in [-0.05, 0) is 36.5 Å². The molecule has 1 aromatic rings. The number of nitrogens with one attached hydrogen (secondary N) is 1. The van der Waals surface area contributed by atoms with Crippen LogP contribution < -0.4 is 14.8 Å². The summed E-state index contributed by atoms with van der Waals surface area (Å²) in [4.78, 5) is 0. The van der Waals surface area contributed by atoms with Crippen molar-refractivity contribution in [2.24, 2.45) is 5.92 Å². The Bertz CT molecular complexity index is 478. The van der Waals surface area contributed by atoms with E-state index in [4.69, 9.17) is 9.47 Å². The van der Waals surface area contributed by atoms with Crippen LogP contribution >= 0.6 is 15.9 Å². The van der Waals surface area contributed by atoms with Gasteiger partial charge in [0.25, 0.3) is 0 Å². The molecule has 1 saturated carbocycles. The zero-order valence-electron chi connectivity index (χ0n) is 12.0. The average molecular weight is 340 g/mol. The summed E-state index contributed by atoms with van der Waals surface area (Å²) in [5.41, 5.74) is 1.25. The molecule has 0 radical (unpaired) electrons. The molecule has 1 aliphatic heterocycles. The lowest BCUT2D eigenvalue weighted by Gasteiger charge is -2.31. The standard InChI is InChI=1S/C16H22BrNO2/c1-2-11-5-3-4-6-14(11)18-9-12-7-15-16(8-13(12)17)20-10-19-15/h7-8,11,14,18H,2-6,9-10H2,1H3. The van der Waals surface area contributed by atoms with E-state index >= 15 is 0 Å². The lowest BCUT2D eigenvalue weighted by molar-refractivity contribution is 0.174. The minimum Gasteiger partial charge on any atom is -0.454 e. The van der Waals surface area contributed by atoms with Crippen molar-refractivity contribution in [3.63, 3.8) is 0 Å². The Morgan fingerprint density at radius 1 is 1.20 bits per heavy atom. The van der Waals surface area contributed by atoms with Gasteiger partial charge < -0.3 is 14.8 Å². The molecule has 0 bridgehead atoms. The van der Waals surface area contributed by atoms with Gasteiger partial charge in [0.15, 0.2) is 11.5 Å². The van der Waals surface area contributed by atoms with Crippen molar-refractivity contribution < 1.29 is 9.47 Å². The molecule has 1 heterocycles. The summed E-state index contributed by atoms with van der Waals surface area (Å²) in [6.07, 6.45) is 6.71. The molecule has 2 aliphatic rings. The minimum absolute atomic E-state index is 0.333. The third-order valence-corrected chi connectivity index (χ3v) is 5.27. The van der Waals surface area contributed by atoms with Gasteiger partial charge in [0.1, 0.15) is 0 Å². The molecule has 1 aromatic carbocycles. The summed E-state index contributed by atoms with van der Waals surface area (Å²) in [5.74, 6) is 2.53. The summed E-state index contributed by atoms with van der Waals surface area (Å²) in [7, 11) is 0. The van der Waals surface area contributed by atoms with E-state index in [0.717, 1.165) is 28.4 Å². The van der Waals surface area contributed by atoms with Crippen LogP contribution in [0.2, 0.25) is 0 Å². The van der Waals surface area contributed by atoms with E-state index in [1.54, 1.807) is 0 Å². The molecule has 20 heavy (non-hydrogen) atoms. The van der Waals surface area contributed by atoms with Gasteiger partial charge in [-0.3, -0.25) is 0 Å². The monoisotopic (exact) mass is 339 g/mol. The Balaban J connectivity index is 1.66. The lowest BCUT2D eigenvalue weighted by atomic mass is 9.83. The second kappa shape index (κ2) is 6.35. The summed E-state index contributed by atoms with van der Waals surface area (Å²) in [6, 6.07) is 4.76. The second-order valence-electron chi connectivity index (χ2n) is 5.74. The zero-order chi connectivity index (χ0) is 13.9. The molecule has 3 rings (SSSR count). The first-order chi connectivity index (χ1) is 9.78. The Hall–Kier alpha value is -0.740. The fraction of sp³-hybridized carbons (Fsp3) is 0.625. The molecule has 4 heteroatoms. The molecule has 2 atom stereocenters. The second-order valence-corrected chi connectivity index (χ2v) is 6.59. The maximum Gasteiger partial charge on any atom is 0.231 e. The van der Waals surface area contributed by atoms with Crippen molar-refractivity contribution in [1.82, 2.24) is 5.32 Å². The topological polar surface area (TPSA) is 30.5 Å². The van der Waals surface area contributed by atoms with Crippen LogP contribution in [-0.4, -0.2) is 12.8 Å². The molecule has 1 aliphatic carbocycles. The summed E-state index contributed by atoms with van der Waals surface area (Å²) >= 11 is 3.63. The largest absolute Gasteiger partial charge is 0.454 e. The molecular formula is C16H22BrNO2. The molecule has 0 spiro atoms. The third kappa shape index (κ3) is 2.96. The van der Waals surface area contributed by atoms with Gasteiger partial charge in [0.2, 0.25) is 6.79 Å². The van der Waals surface area contributed by atoms with Gasteiger partial charge in [0.05, 0.1) is 0 Å². The Kier molecular flexibility index (Phi) is 4.51. The van der Waals surface area contributed by atoms with E-state index in [1.165, 1.54) is 37.7 Å². The fourth-order valence-electron chi connectivity index (χ4n) is 3.30. The van der Waals surface area contributed by atoms with Crippen molar-refractivity contribution >= 4 is 15.9 Å². The van der Waals surface area contributed by atoms with Crippen LogP contribution in [0.4, 0.5) is 0 Å². The van der Waals surface area contributed by atoms with Crippen molar-refractivity contribution in [3.05, 3.63) is 22.2 Å². The van der Waals surface area contributed by atoms with Crippen molar-refractivity contribution in [2.45, 2.75) is 51.6 Å². The number of halogens is 1. The number of benzene rings is 1. The Morgan fingerprint density at radius 3 is 2.75 bits per heavy atom. The van der Waals surface area contributed by atoms with Crippen LogP contribution in [0.25, 0.3) is 0 Å². The van der Waals surface area contributed by atoms with E-state index in [1.807, 2.05) is 6.07 Å². The predicted molar refractivity (Wildman–Crippen MR) is 83.1 cm³/mol. The number of fused-ring (bicyclic) bond motifs is 1. The molecule has 1 N–H and O–H groups in total. The van der Waals surface area contributed by atoms with Gasteiger partial charge >= 0.3 is 0 Å². The van der Waals surface area contributed by atoms with Crippen LogP contribution in [0.15, 0.2) is 16.6 Å². The highest BCUT2D eigenvalue weighted by molar-refractivity contribution is 9.10. The van der Waals surface area contributed by atoms with E-state index < -0.39 is 0 Å². The lowest BCUT2D eigenvalue weighted by Crippen LogP contribution is -2.37. The highest BCUT2D eigenvalue weighted by Gasteiger charge is 2.23. The quantitative estimate of drug-likeness (QED) is 0.889. The summed E-state index contributed by atoms with van der Waals surface area (Å²) in [6.45, 7) is 3.53. The van der Waals surface area contributed by atoms with Crippen LogP contribution in [0.3, 0.4) is 0 Å². The number of ether oxygens (including phenoxy) is 2. The summed E-state index contributed by atoms with van der Waals surface area (Å²) in [5, 5.41) is 3.74. The Labute approximate surface area is 129 Å². The maximum atomic E-state index is 5.46. The molecule has 0 amide bonds. The molecule has 110 valence electrons. The van der Waals surface area contributed by atoms with Crippen LogP contribution in [-0.2, 0) is 6.54 Å². The molecule has 2 unspecified atom stereocenters. The normalized spacial score (nSPS) is 24.9. The average Bonchev–Trinajstić information content (AvgIpc) is 2.92. The van der Waals surface area contributed by atoms with Crippen LogP contribution in [0.1, 0.15) is 44.6 Å². The highest BCUT2D eigenvalue weighted by Crippen LogP contribution is 2.37. The fourth-order valence-corrected chi connectivity index (χ4v) is 3.76. The molecule has 0 aromatic heterocycles. The van der Waals surface area contributed by atoms with E-state index in [-0.39, 0.29) is 0 Å². The SMILES string of the molecule is CCC1CCCCC1NCc1cc2c(cc1Br)OCO2. The minimum atomic E-state index is 0.333. The van der Waals surface area contributed by atoms with E-state index in [2.05, 4.69) is 34.2 Å². The van der Waals surface area contributed by atoms with Crippen molar-refractivity contribution in [1.29, 1.82) is 0 Å². The first-order valence-corrected chi connectivity index (χ1v) is 8.38. The zero-order valence-corrected chi connectivity index (χ0v) is 13.5. The molecular weight excluding hydrogens is 318 g/mol. The predicted octanol–water partition coefficient (Wildman–Crippen LogP) is 4.24. The van der Waals surface area contributed by atoms with Gasteiger partial charge in [-0.15, -0.1) is 0 Å². The van der Waals surface area contributed by atoms with Crippen LogP contribution in [0, 0.1) is 5.92 Å². The van der Waals surface area contributed by atoms with Gasteiger partial charge in [0, 0.05) is 17.1 Å². The number of hydrogen-bond donors (Lipinski definition) is 1. The van der Waals surface area contributed by atoms with Gasteiger partial charge in [-0.2, -0.15) is 0 Å². The first-order valence-electron chi connectivity index (χ1n) is 7.59. The van der Waals surface area contributed by atoms with Gasteiger partial charge in [-0.25, -0.2) is 0 Å². The first kappa shape index (κ1) is 14.2. The Morgan fingerprint density at radius 2 is 1.95 bits per heavy atom. The summed E-state index contributed by atoms with van der Waals surface area (Å²) < 4.78 is 11.9. The van der Waals surface area contributed by atoms with E-state index in [0.29, 0.717) is 12.8 Å². The van der Waals surface area contributed by atoms with Crippen LogP contribution in [0.5, 0.6) is 11.5 Å².